The van der Waals surface area contributed by atoms with Gasteiger partial charge in [0.2, 0.25) is 5.88 Å². The normalized spacial score (nSPS) is 14.0. The molecule has 1 amide bonds. The fraction of sp³-hybridized carbons (Fsp3) is 0.240. The minimum Gasteiger partial charge on any atom is -0.497 e. The molecule has 1 aromatic heterocycles. The van der Waals surface area contributed by atoms with Crippen molar-refractivity contribution in [3.63, 3.8) is 0 Å². The van der Waals surface area contributed by atoms with Gasteiger partial charge in [0.15, 0.2) is 12.4 Å². The Hall–Kier alpha value is -4.27. The van der Waals surface area contributed by atoms with E-state index < -0.39 is 0 Å². The highest BCUT2D eigenvalue weighted by atomic mass is 16.6. The summed E-state index contributed by atoms with van der Waals surface area (Å²) in [5, 5.41) is 3.87. The lowest BCUT2D eigenvalue weighted by Gasteiger charge is -2.35. The van der Waals surface area contributed by atoms with Crippen LogP contribution in [0.4, 0.5) is 5.69 Å². The first-order chi connectivity index (χ1) is 16.6. The molecule has 4 rings (SSSR count). The van der Waals surface area contributed by atoms with Gasteiger partial charge in [-0.2, -0.15) is 0 Å². The minimum atomic E-state index is -0.175. The number of hydrogen-bond acceptors (Lipinski definition) is 7. The van der Waals surface area contributed by atoms with Gasteiger partial charge >= 0.3 is 0 Å². The summed E-state index contributed by atoms with van der Waals surface area (Å²) in [5.41, 5.74) is 7.65. The van der Waals surface area contributed by atoms with Gasteiger partial charge in [0.1, 0.15) is 11.5 Å². The molecule has 3 aromatic rings. The van der Waals surface area contributed by atoms with E-state index in [2.05, 4.69) is 15.0 Å². The zero-order valence-corrected chi connectivity index (χ0v) is 19.0. The smallest absolute Gasteiger partial charge is 0.263 e. The van der Waals surface area contributed by atoms with Crippen LogP contribution in [0.3, 0.4) is 0 Å². The maximum atomic E-state index is 12.5. The summed E-state index contributed by atoms with van der Waals surface area (Å²) in [5.74, 6) is 1.96. The van der Waals surface area contributed by atoms with Gasteiger partial charge < -0.3 is 29.8 Å². The lowest BCUT2D eigenvalue weighted by atomic mass is 10.2. The number of pyridine rings is 1. The highest BCUT2D eigenvalue weighted by Gasteiger charge is 2.21. The van der Waals surface area contributed by atoms with Crippen LogP contribution in [0, 0.1) is 0 Å². The number of methoxy groups -OCH3 is 1. The second kappa shape index (κ2) is 11.0. The lowest BCUT2D eigenvalue weighted by Crippen LogP contribution is -2.49. The number of rotatable bonds is 8. The third-order valence-corrected chi connectivity index (χ3v) is 5.42. The van der Waals surface area contributed by atoms with E-state index in [0.717, 1.165) is 24.5 Å². The zero-order chi connectivity index (χ0) is 23.8. The first-order valence-electron chi connectivity index (χ1n) is 10.9. The third-order valence-electron chi connectivity index (χ3n) is 5.42. The van der Waals surface area contributed by atoms with E-state index in [0.29, 0.717) is 30.3 Å². The van der Waals surface area contributed by atoms with Crippen molar-refractivity contribution in [1.29, 1.82) is 0 Å². The van der Waals surface area contributed by atoms with Crippen molar-refractivity contribution in [2.75, 3.05) is 44.8 Å². The fourth-order valence-electron chi connectivity index (χ4n) is 3.51. The first-order valence-corrected chi connectivity index (χ1v) is 10.9. The standard InChI is InChI=1S/C25H27N5O4/c1-32-21-10-8-20(9-11-21)29-13-15-30(16-14-29)24(31)18-33-28-25(26)19-7-12-23(27-17-19)34-22-5-3-2-4-6-22/h2-12,17H,13-16,18H2,1H3,(H2,26,28). The Morgan fingerprint density at radius 1 is 0.971 bits per heavy atom. The van der Waals surface area contributed by atoms with Crippen molar-refractivity contribution in [1.82, 2.24) is 9.88 Å². The summed E-state index contributed by atoms with van der Waals surface area (Å²) in [4.78, 5) is 25.9. The number of nitrogens with zero attached hydrogens (tertiary/aromatic N) is 4. The highest BCUT2D eigenvalue weighted by molar-refractivity contribution is 5.96. The largest absolute Gasteiger partial charge is 0.497 e. The number of piperazine rings is 1. The summed E-state index contributed by atoms with van der Waals surface area (Å²) < 4.78 is 10.9. The van der Waals surface area contributed by atoms with Crippen LogP contribution in [0.2, 0.25) is 0 Å². The third kappa shape index (κ3) is 5.94. The molecule has 0 atom stereocenters. The Balaban J connectivity index is 1.22. The molecule has 9 nitrogen and oxygen atoms in total. The number of carbonyl (C=O) groups is 1. The predicted molar refractivity (Wildman–Crippen MR) is 129 cm³/mol. The second-order valence-corrected chi connectivity index (χ2v) is 7.62. The number of amidine groups is 1. The summed E-state index contributed by atoms with van der Waals surface area (Å²) in [6.45, 7) is 2.53. The van der Waals surface area contributed by atoms with Gasteiger partial charge in [0.05, 0.1) is 7.11 Å². The molecule has 0 aliphatic carbocycles. The van der Waals surface area contributed by atoms with E-state index in [9.17, 15) is 4.79 Å². The van der Waals surface area contributed by atoms with Crippen molar-refractivity contribution >= 4 is 17.4 Å². The van der Waals surface area contributed by atoms with Gasteiger partial charge in [0.25, 0.3) is 5.91 Å². The Kier molecular flexibility index (Phi) is 7.44. The molecule has 34 heavy (non-hydrogen) atoms. The van der Waals surface area contributed by atoms with Crippen LogP contribution in [-0.4, -0.2) is 61.5 Å². The van der Waals surface area contributed by atoms with Crippen molar-refractivity contribution in [2.45, 2.75) is 0 Å². The van der Waals surface area contributed by atoms with Crippen LogP contribution >= 0.6 is 0 Å². The van der Waals surface area contributed by atoms with Crippen LogP contribution in [0.1, 0.15) is 5.56 Å². The van der Waals surface area contributed by atoms with Gasteiger partial charge in [-0.05, 0) is 42.5 Å². The van der Waals surface area contributed by atoms with Crippen LogP contribution in [0.25, 0.3) is 0 Å². The number of hydrogen-bond donors (Lipinski definition) is 1. The number of oxime groups is 1. The molecular weight excluding hydrogens is 434 g/mol. The monoisotopic (exact) mass is 461 g/mol. The van der Waals surface area contributed by atoms with E-state index in [1.54, 1.807) is 30.3 Å². The Labute approximate surface area is 198 Å². The number of amides is 1. The van der Waals surface area contributed by atoms with E-state index in [-0.39, 0.29) is 18.3 Å². The Morgan fingerprint density at radius 2 is 1.71 bits per heavy atom. The molecule has 176 valence electrons. The van der Waals surface area contributed by atoms with Crippen molar-refractivity contribution in [3.05, 3.63) is 78.5 Å². The number of carbonyl (C=O) groups excluding carboxylic acids is 1. The molecule has 1 fully saturated rings. The van der Waals surface area contributed by atoms with E-state index >= 15 is 0 Å². The maximum absolute atomic E-state index is 12.5. The molecule has 2 aromatic carbocycles. The van der Waals surface area contributed by atoms with E-state index in [4.69, 9.17) is 20.0 Å². The number of anilines is 1. The number of benzene rings is 2. The zero-order valence-electron chi connectivity index (χ0n) is 19.0. The molecule has 1 saturated heterocycles. The second-order valence-electron chi connectivity index (χ2n) is 7.62. The Morgan fingerprint density at radius 3 is 2.35 bits per heavy atom. The number of aromatic nitrogens is 1. The fourth-order valence-corrected chi connectivity index (χ4v) is 3.51. The molecule has 1 aliphatic heterocycles. The van der Waals surface area contributed by atoms with Crippen LogP contribution in [-0.2, 0) is 9.63 Å². The van der Waals surface area contributed by atoms with Crippen molar-refractivity contribution < 1.29 is 19.1 Å². The lowest BCUT2D eigenvalue weighted by molar-refractivity contribution is -0.136. The van der Waals surface area contributed by atoms with Gasteiger partial charge in [0, 0.05) is 49.7 Å². The van der Waals surface area contributed by atoms with Crippen LogP contribution < -0.4 is 20.1 Å². The summed E-state index contributed by atoms with van der Waals surface area (Å²) in [6, 6.07) is 20.7. The van der Waals surface area contributed by atoms with Gasteiger partial charge in [-0.3, -0.25) is 4.79 Å². The Bertz CT molecular complexity index is 1100. The molecule has 0 saturated carbocycles. The van der Waals surface area contributed by atoms with Crippen molar-refractivity contribution in [2.24, 2.45) is 10.9 Å². The molecule has 0 bridgehead atoms. The van der Waals surface area contributed by atoms with Crippen molar-refractivity contribution in [3.8, 4) is 17.4 Å². The highest BCUT2D eigenvalue weighted by Crippen LogP contribution is 2.21. The van der Waals surface area contributed by atoms with Crippen LogP contribution in [0.5, 0.6) is 17.4 Å². The van der Waals surface area contributed by atoms with E-state index in [1.807, 2.05) is 54.6 Å². The molecule has 2 N–H and O–H groups in total. The topological polar surface area (TPSA) is 103 Å². The summed E-state index contributed by atoms with van der Waals surface area (Å²) in [6.07, 6.45) is 1.54. The molecule has 1 aliphatic rings. The quantitative estimate of drug-likeness (QED) is 0.313. The number of ether oxygens (including phenoxy) is 2. The molecule has 0 unspecified atom stereocenters. The molecule has 9 heteroatoms. The van der Waals surface area contributed by atoms with Gasteiger partial charge in [-0.1, -0.05) is 23.4 Å². The van der Waals surface area contributed by atoms with Crippen LogP contribution in [0.15, 0.2) is 78.1 Å². The maximum Gasteiger partial charge on any atom is 0.263 e. The average molecular weight is 462 g/mol. The predicted octanol–water partition coefficient (Wildman–Crippen LogP) is 2.87. The number of nitrogens with two attached hydrogens (primary N) is 1. The number of para-hydroxylation sites is 1. The molecule has 0 spiro atoms. The van der Waals surface area contributed by atoms with Gasteiger partial charge in [-0.15, -0.1) is 0 Å². The molecule has 2 heterocycles. The first kappa shape index (κ1) is 22.9. The molecular formula is C25H27N5O4. The van der Waals surface area contributed by atoms with E-state index in [1.165, 1.54) is 0 Å². The average Bonchev–Trinajstić information content (AvgIpc) is 2.90. The summed E-state index contributed by atoms with van der Waals surface area (Å²) in [7, 11) is 1.65. The minimum absolute atomic E-state index is 0.129. The molecule has 0 radical (unpaired) electrons. The van der Waals surface area contributed by atoms with Gasteiger partial charge in [-0.25, -0.2) is 4.98 Å². The summed E-state index contributed by atoms with van der Waals surface area (Å²) >= 11 is 0. The SMILES string of the molecule is COc1ccc(N2CCN(C(=O)CO/N=C(/N)c3ccc(Oc4ccccc4)nc3)CC2)cc1.